The number of likely N-dealkylation sites (N-methyl/N-ethyl adjacent to an activating group) is 1. The third-order valence-electron chi connectivity index (χ3n) is 7.34. The lowest BCUT2D eigenvalue weighted by molar-refractivity contribution is -0.122. The second kappa shape index (κ2) is 17.7. The number of nitrogens with one attached hydrogen (secondary N) is 3. The number of anilines is 1. The number of hydrogen-bond donors (Lipinski definition) is 4. The van der Waals surface area contributed by atoms with E-state index in [9.17, 15) is 9.59 Å². The lowest BCUT2D eigenvalue weighted by Crippen LogP contribution is -2.32. The molecule has 1 atom stereocenters. The highest BCUT2D eigenvalue weighted by molar-refractivity contribution is 6.06. The van der Waals surface area contributed by atoms with Crippen molar-refractivity contribution < 1.29 is 14.3 Å². The van der Waals surface area contributed by atoms with E-state index in [1.807, 2.05) is 18.2 Å². The van der Waals surface area contributed by atoms with Crippen LogP contribution in [0.4, 0.5) is 5.82 Å². The van der Waals surface area contributed by atoms with Crippen molar-refractivity contribution in [3.8, 4) is 0 Å². The molecule has 0 aliphatic heterocycles. The number of para-hydroxylation sites is 1. The quantitative estimate of drug-likeness (QED) is 0.143. The number of unbranched alkanes of at least 4 members (excludes halogenated alkanes) is 2. The predicted molar refractivity (Wildman–Crippen MR) is 166 cm³/mol. The molecule has 0 saturated heterocycles. The summed E-state index contributed by atoms with van der Waals surface area (Å²) in [5.74, 6) is 1.75. The zero-order chi connectivity index (χ0) is 29.5. The Bertz CT molecular complexity index is 1240. The number of nitrogens with two attached hydrogens (primary N) is 1. The number of carbonyl (C=O) groups is 2. The molecule has 1 aromatic carbocycles. The lowest BCUT2D eigenvalue weighted by atomic mass is 10.1. The number of carbonyl (C=O) groups excluding carboxylic acids is 2. The van der Waals surface area contributed by atoms with E-state index in [1.54, 1.807) is 14.0 Å². The summed E-state index contributed by atoms with van der Waals surface area (Å²) in [4.78, 5) is 32.8. The van der Waals surface area contributed by atoms with Gasteiger partial charge in [0.2, 0.25) is 5.91 Å². The molecular formula is C31H49N7O3. The monoisotopic (exact) mass is 567 g/mol. The number of aromatic nitrogens is 3. The molecule has 5 N–H and O–H groups in total. The Morgan fingerprint density at radius 3 is 2.59 bits per heavy atom. The van der Waals surface area contributed by atoms with Crippen LogP contribution in [0.15, 0.2) is 24.3 Å². The molecule has 1 unspecified atom stereocenters. The largest absolute Gasteiger partial charge is 0.382 e. The molecule has 3 aromatic rings. The number of rotatable bonds is 21. The normalized spacial score (nSPS) is 12.3. The summed E-state index contributed by atoms with van der Waals surface area (Å²) in [6.07, 6.45) is 7.91. The Labute approximate surface area is 244 Å². The first-order valence-electron chi connectivity index (χ1n) is 15.2. The molecule has 0 spiro atoms. The fraction of sp³-hybridized carbons (Fsp3) is 0.613. The Morgan fingerprint density at radius 1 is 1.02 bits per heavy atom. The number of pyridine rings is 1. The zero-order valence-electron chi connectivity index (χ0n) is 25.1. The minimum Gasteiger partial charge on any atom is -0.382 e. The van der Waals surface area contributed by atoms with Crippen LogP contribution < -0.4 is 21.7 Å². The van der Waals surface area contributed by atoms with Gasteiger partial charge >= 0.3 is 0 Å². The first-order valence-corrected chi connectivity index (χ1v) is 15.2. The van der Waals surface area contributed by atoms with Crippen molar-refractivity contribution in [2.75, 3.05) is 45.6 Å². The number of ketones is 1. The molecule has 0 radical (unpaired) electrons. The smallest absolute Gasteiger partial charge is 0.222 e. The van der Waals surface area contributed by atoms with E-state index in [0.29, 0.717) is 32.0 Å². The summed E-state index contributed by atoms with van der Waals surface area (Å²) in [5.41, 5.74) is 9.10. The molecule has 0 aliphatic rings. The fourth-order valence-electron chi connectivity index (χ4n) is 5.11. The number of Topliss-reactive ketones (excluding diaryl/α,β-unsaturated/α-hetero) is 1. The highest BCUT2D eigenvalue weighted by Crippen LogP contribution is 2.29. The van der Waals surface area contributed by atoms with Crippen molar-refractivity contribution >= 4 is 39.4 Å². The van der Waals surface area contributed by atoms with Crippen LogP contribution in [0.3, 0.4) is 0 Å². The second-order valence-electron chi connectivity index (χ2n) is 10.6. The maximum Gasteiger partial charge on any atom is 0.222 e. The van der Waals surface area contributed by atoms with Crippen LogP contribution in [-0.4, -0.2) is 72.2 Å². The number of ether oxygens (including phenoxy) is 1. The van der Waals surface area contributed by atoms with Crippen LogP contribution in [0.2, 0.25) is 0 Å². The van der Waals surface area contributed by atoms with Crippen LogP contribution in [0.1, 0.15) is 71.0 Å². The van der Waals surface area contributed by atoms with E-state index in [-0.39, 0.29) is 17.7 Å². The van der Waals surface area contributed by atoms with E-state index < -0.39 is 0 Å². The lowest BCUT2D eigenvalue weighted by Gasteiger charge is -2.12. The van der Waals surface area contributed by atoms with E-state index in [2.05, 4.69) is 38.5 Å². The van der Waals surface area contributed by atoms with Crippen LogP contribution in [0, 0.1) is 0 Å². The predicted octanol–water partition coefficient (Wildman–Crippen LogP) is 3.75. The highest BCUT2D eigenvalue weighted by atomic mass is 16.5. The SMILES string of the molecule is CCCc1nc2c(N)nc3ccccc3c2n1CCCCNCCCOCCC(=O)NCCCCC(NC)C(C)=O. The third-order valence-corrected chi connectivity index (χ3v) is 7.34. The van der Waals surface area contributed by atoms with Gasteiger partial charge in [-0.05, 0) is 78.1 Å². The van der Waals surface area contributed by atoms with E-state index >= 15 is 0 Å². The third kappa shape index (κ3) is 10.1. The average Bonchev–Trinajstić information content (AvgIpc) is 3.32. The number of benzene rings is 1. The summed E-state index contributed by atoms with van der Waals surface area (Å²) in [6, 6.07) is 8.06. The molecule has 2 heterocycles. The van der Waals surface area contributed by atoms with Crippen LogP contribution in [0.25, 0.3) is 21.9 Å². The van der Waals surface area contributed by atoms with Gasteiger partial charge < -0.3 is 31.0 Å². The Hall–Kier alpha value is -3.08. The Morgan fingerprint density at radius 2 is 1.80 bits per heavy atom. The highest BCUT2D eigenvalue weighted by Gasteiger charge is 2.16. The Balaban J connectivity index is 1.26. The van der Waals surface area contributed by atoms with Gasteiger partial charge in [0.1, 0.15) is 17.1 Å². The summed E-state index contributed by atoms with van der Waals surface area (Å²) >= 11 is 0. The molecule has 1 amide bonds. The van der Waals surface area contributed by atoms with Gasteiger partial charge in [-0.2, -0.15) is 0 Å². The van der Waals surface area contributed by atoms with Crippen LogP contribution >= 0.6 is 0 Å². The van der Waals surface area contributed by atoms with Gasteiger partial charge in [0.25, 0.3) is 0 Å². The van der Waals surface area contributed by atoms with Crippen molar-refractivity contribution in [3.63, 3.8) is 0 Å². The van der Waals surface area contributed by atoms with Gasteiger partial charge in [-0.15, -0.1) is 0 Å². The molecule has 0 aliphatic carbocycles. The maximum atomic E-state index is 12.0. The number of aryl methyl sites for hydroxylation is 2. The van der Waals surface area contributed by atoms with E-state index in [1.165, 1.54) is 0 Å². The molecule has 0 saturated carbocycles. The molecule has 0 bridgehead atoms. The first-order chi connectivity index (χ1) is 20.0. The summed E-state index contributed by atoms with van der Waals surface area (Å²) in [7, 11) is 1.80. The molecule has 41 heavy (non-hydrogen) atoms. The van der Waals surface area contributed by atoms with Gasteiger partial charge in [-0.3, -0.25) is 9.59 Å². The molecule has 0 fully saturated rings. The summed E-state index contributed by atoms with van der Waals surface area (Å²) in [5, 5.41) is 10.5. The first kappa shape index (κ1) is 32.4. The maximum absolute atomic E-state index is 12.0. The second-order valence-corrected chi connectivity index (χ2v) is 10.6. The van der Waals surface area contributed by atoms with Gasteiger partial charge in [-0.25, -0.2) is 9.97 Å². The number of nitrogens with zero attached hydrogens (tertiary/aromatic N) is 3. The molecule has 226 valence electrons. The number of nitrogen functional groups attached to an aromatic ring is 1. The number of amides is 1. The van der Waals surface area contributed by atoms with Crippen LogP contribution in [-0.2, 0) is 27.3 Å². The van der Waals surface area contributed by atoms with E-state index in [4.69, 9.17) is 15.5 Å². The standard InChI is InChI=1S/C31H49N7O3/c1-4-12-27-37-29-30(24-13-5-6-15-26(24)36-31(29)32)38(27)20-10-9-17-34-18-11-21-41-22-16-28(40)35-19-8-7-14-25(33-3)23(2)39/h5-6,13,15,25,33-34H,4,7-12,14,16-22H2,1-3H3,(H2,32,36)(H,35,40). The van der Waals surface area contributed by atoms with Gasteiger partial charge in [0, 0.05) is 37.9 Å². The topological polar surface area (TPSA) is 136 Å². The minimum absolute atomic E-state index is 0.0135. The fourth-order valence-corrected chi connectivity index (χ4v) is 5.11. The number of hydrogen-bond acceptors (Lipinski definition) is 8. The zero-order valence-corrected chi connectivity index (χ0v) is 25.1. The van der Waals surface area contributed by atoms with E-state index in [0.717, 1.165) is 98.8 Å². The Kier molecular flexibility index (Phi) is 14.0. The van der Waals surface area contributed by atoms with Crippen molar-refractivity contribution in [1.82, 2.24) is 30.5 Å². The van der Waals surface area contributed by atoms with Crippen molar-refractivity contribution in [1.29, 1.82) is 0 Å². The average molecular weight is 568 g/mol. The molecule has 10 nitrogen and oxygen atoms in total. The molecular weight excluding hydrogens is 518 g/mol. The molecule has 2 aromatic heterocycles. The van der Waals surface area contributed by atoms with Crippen molar-refractivity contribution in [2.45, 2.75) is 84.2 Å². The number of imidazole rings is 1. The van der Waals surface area contributed by atoms with Crippen molar-refractivity contribution in [2.24, 2.45) is 0 Å². The summed E-state index contributed by atoms with van der Waals surface area (Å²) < 4.78 is 7.97. The molecule has 3 rings (SSSR count). The minimum atomic E-state index is -0.0882. The van der Waals surface area contributed by atoms with Gasteiger partial charge in [-0.1, -0.05) is 25.1 Å². The van der Waals surface area contributed by atoms with Crippen LogP contribution in [0.5, 0.6) is 0 Å². The van der Waals surface area contributed by atoms with Gasteiger partial charge in [0.15, 0.2) is 5.82 Å². The molecule has 10 heteroatoms. The number of fused-ring (bicyclic) bond motifs is 3. The van der Waals surface area contributed by atoms with Gasteiger partial charge in [0.05, 0.1) is 23.7 Å². The van der Waals surface area contributed by atoms with Crippen molar-refractivity contribution in [3.05, 3.63) is 30.1 Å². The summed E-state index contributed by atoms with van der Waals surface area (Å²) in [6.45, 7) is 8.23.